The molecule has 2 N–H and O–H groups in total. The fourth-order valence-electron chi connectivity index (χ4n) is 2.33. The molecule has 124 valence electrons. The molecule has 0 radical (unpaired) electrons. The molecule has 0 amide bonds. The predicted molar refractivity (Wildman–Crippen MR) is 99.9 cm³/mol. The molecule has 0 aliphatic carbocycles. The van der Waals surface area contributed by atoms with Gasteiger partial charge >= 0.3 is 0 Å². The summed E-state index contributed by atoms with van der Waals surface area (Å²) in [6, 6.07) is 12.4. The number of benzene rings is 1. The third-order valence-corrected chi connectivity index (χ3v) is 4.03. The van der Waals surface area contributed by atoms with Gasteiger partial charge in [0.15, 0.2) is 5.11 Å². The molecule has 0 bridgehead atoms. The summed E-state index contributed by atoms with van der Waals surface area (Å²) < 4.78 is 5.50. The highest BCUT2D eigenvalue weighted by molar-refractivity contribution is 7.80. The maximum atomic E-state index is 5.50. The monoisotopic (exact) mass is 331 g/mol. The Kier molecular flexibility index (Phi) is 6.19. The van der Waals surface area contributed by atoms with Crippen LogP contribution in [0.25, 0.3) is 0 Å². The zero-order valence-electron chi connectivity index (χ0n) is 14.2. The van der Waals surface area contributed by atoms with Gasteiger partial charge in [-0.25, -0.2) is 0 Å². The minimum absolute atomic E-state index is 0.132. The van der Waals surface area contributed by atoms with Crippen LogP contribution < -0.4 is 10.6 Å². The zero-order chi connectivity index (χ0) is 16.8. The first-order valence-corrected chi connectivity index (χ1v) is 8.23. The maximum absolute atomic E-state index is 5.50. The van der Waals surface area contributed by atoms with Gasteiger partial charge < -0.3 is 15.1 Å². The van der Waals surface area contributed by atoms with Crippen LogP contribution in [-0.4, -0.2) is 30.7 Å². The summed E-state index contributed by atoms with van der Waals surface area (Å²) in [6.45, 7) is 5.05. The average molecular weight is 331 g/mol. The highest BCUT2D eigenvalue weighted by Crippen LogP contribution is 2.18. The Morgan fingerprint density at radius 2 is 1.87 bits per heavy atom. The lowest BCUT2D eigenvalue weighted by atomic mass is 10.0. The van der Waals surface area contributed by atoms with E-state index in [-0.39, 0.29) is 6.04 Å². The smallest absolute Gasteiger partial charge is 0.170 e. The Bertz CT molecular complexity index is 606. The summed E-state index contributed by atoms with van der Waals surface area (Å²) >= 11 is 5.38. The van der Waals surface area contributed by atoms with Gasteiger partial charge in [-0.15, -0.1) is 0 Å². The summed E-state index contributed by atoms with van der Waals surface area (Å²) in [5.41, 5.74) is 2.31. The first-order valence-electron chi connectivity index (χ1n) is 7.82. The normalized spacial score (nSPS) is 12.4. The summed E-state index contributed by atoms with van der Waals surface area (Å²) in [5, 5.41) is 7.09. The number of nitrogens with one attached hydrogen (secondary N) is 2. The van der Waals surface area contributed by atoms with E-state index < -0.39 is 0 Å². The van der Waals surface area contributed by atoms with Crippen LogP contribution in [-0.2, 0) is 0 Å². The number of anilines is 1. The van der Waals surface area contributed by atoms with Gasteiger partial charge in [0.1, 0.15) is 5.76 Å². The number of hydrogen-bond donors (Lipinski definition) is 2. The molecule has 5 heteroatoms. The van der Waals surface area contributed by atoms with E-state index in [9.17, 15) is 0 Å². The molecule has 1 heterocycles. The van der Waals surface area contributed by atoms with Gasteiger partial charge in [0, 0.05) is 12.2 Å². The van der Waals surface area contributed by atoms with E-state index in [1.165, 1.54) is 5.56 Å². The topological polar surface area (TPSA) is 40.4 Å². The van der Waals surface area contributed by atoms with E-state index in [0.717, 1.165) is 11.4 Å². The van der Waals surface area contributed by atoms with Gasteiger partial charge in [-0.05, 0) is 62.1 Å². The third-order valence-electron chi connectivity index (χ3n) is 3.79. The van der Waals surface area contributed by atoms with Crippen molar-refractivity contribution in [2.75, 3.05) is 26.0 Å². The third kappa shape index (κ3) is 5.08. The van der Waals surface area contributed by atoms with Crippen LogP contribution in [0.5, 0.6) is 0 Å². The lowest BCUT2D eigenvalue weighted by molar-refractivity contribution is 0.259. The minimum Gasteiger partial charge on any atom is -0.468 e. The Morgan fingerprint density at radius 3 is 2.39 bits per heavy atom. The van der Waals surface area contributed by atoms with Crippen molar-refractivity contribution in [1.29, 1.82) is 0 Å². The van der Waals surface area contributed by atoms with E-state index >= 15 is 0 Å². The van der Waals surface area contributed by atoms with Crippen LogP contribution in [0, 0.1) is 0 Å². The Balaban J connectivity index is 1.89. The first kappa shape index (κ1) is 17.5. The van der Waals surface area contributed by atoms with Crippen molar-refractivity contribution in [3.63, 3.8) is 0 Å². The Labute approximate surface area is 143 Å². The Hall–Kier alpha value is -1.85. The molecular formula is C18H25N3OS. The number of rotatable bonds is 6. The Morgan fingerprint density at radius 1 is 1.17 bits per heavy atom. The summed E-state index contributed by atoms with van der Waals surface area (Å²) in [5.74, 6) is 1.45. The van der Waals surface area contributed by atoms with E-state index in [1.54, 1.807) is 6.26 Å². The molecule has 0 aliphatic rings. The molecule has 1 aromatic carbocycles. The number of hydrogen-bond acceptors (Lipinski definition) is 3. The largest absolute Gasteiger partial charge is 0.468 e. The van der Waals surface area contributed by atoms with Crippen molar-refractivity contribution in [2.45, 2.75) is 25.8 Å². The highest BCUT2D eigenvalue weighted by atomic mass is 32.1. The van der Waals surface area contributed by atoms with E-state index in [0.29, 0.717) is 17.6 Å². The van der Waals surface area contributed by atoms with Gasteiger partial charge in [0.2, 0.25) is 0 Å². The molecule has 0 fully saturated rings. The zero-order valence-corrected chi connectivity index (χ0v) is 15.0. The molecule has 2 aromatic rings. The molecule has 4 nitrogen and oxygen atoms in total. The molecule has 2 rings (SSSR count). The lowest BCUT2D eigenvalue weighted by Crippen LogP contribution is -2.36. The quantitative estimate of drug-likeness (QED) is 0.783. The molecule has 0 saturated heterocycles. The number of furan rings is 1. The van der Waals surface area contributed by atoms with Crippen LogP contribution in [0.2, 0.25) is 0 Å². The summed E-state index contributed by atoms with van der Waals surface area (Å²) in [4.78, 5) is 2.10. The van der Waals surface area contributed by atoms with Crippen LogP contribution >= 0.6 is 12.2 Å². The van der Waals surface area contributed by atoms with Gasteiger partial charge in [-0.3, -0.25) is 4.90 Å². The number of nitrogens with zero attached hydrogens (tertiary/aromatic N) is 1. The second-order valence-corrected chi connectivity index (χ2v) is 6.51. The van der Waals surface area contributed by atoms with Crippen molar-refractivity contribution in [1.82, 2.24) is 10.2 Å². The molecule has 23 heavy (non-hydrogen) atoms. The van der Waals surface area contributed by atoms with E-state index in [4.69, 9.17) is 16.6 Å². The van der Waals surface area contributed by atoms with Gasteiger partial charge in [0.25, 0.3) is 0 Å². The number of likely N-dealkylation sites (N-methyl/N-ethyl adjacent to an activating group) is 1. The molecule has 0 saturated carbocycles. The van der Waals surface area contributed by atoms with Crippen molar-refractivity contribution in [3.05, 3.63) is 54.0 Å². The SMILES string of the molecule is CC(C)c1ccc(NC(=S)NC[C@H](c2ccco2)N(C)C)cc1. The van der Waals surface area contributed by atoms with Crippen LogP contribution in [0.3, 0.4) is 0 Å². The second-order valence-electron chi connectivity index (χ2n) is 6.11. The average Bonchev–Trinajstić information content (AvgIpc) is 3.01. The van der Waals surface area contributed by atoms with Gasteiger partial charge in [-0.2, -0.15) is 0 Å². The molecule has 0 unspecified atom stereocenters. The first-order chi connectivity index (χ1) is 11.0. The van der Waals surface area contributed by atoms with E-state index in [2.05, 4.69) is 53.6 Å². The number of thiocarbonyl (C=S) groups is 1. The maximum Gasteiger partial charge on any atom is 0.170 e. The molecular weight excluding hydrogens is 306 g/mol. The molecule has 1 atom stereocenters. The van der Waals surface area contributed by atoms with Crippen molar-refractivity contribution in [3.8, 4) is 0 Å². The van der Waals surface area contributed by atoms with Crippen molar-refractivity contribution >= 4 is 23.0 Å². The van der Waals surface area contributed by atoms with Gasteiger partial charge in [-0.1, -0.05) is 26.0 Å². The van der Waals surface area contributed by atoms with Crippen LogP contribution in [0.4, 0.5) is 5.69 Å². The summed E-state index contributed by atoms with van der Waals surface area (Å²) in [6.07, 6.45) is 1.69. The highest BCUT2D eigenvalue weighted by Gasteiger charge is 2.16. The van der Waals surface area contributed by atoms with Crippen molar-refractivity contribution < 1.29 is 4.42 Å². The minimum atomic E-state index is 0.132. The second kappa shape index (κ2) is 8.13. The van der Waals surface area contributed by atoms with Crippen LogP contribution in [0.15, 0.2) is 47.1 Å². The fraction of sp³-hybridized carbons (Fsp3) is 0.389. The molecule has 1 aromatic heterocycles. The van der Waals surface area contributed by atoms with Crippen LogP contribution in [0.1, 0.15) is 37.1 Å². The molecule has 0 spiro atoms. The summed E-state index contributed by atoms with van der Waals surface area (Å²) in [7, 11) is 4.05. The standard InChI is InChI=1S/C18H25N3OS/c1-13(2)14-7-9-15(10-8-14)20-18(23)19-12-16(21(3)4)17-6-5-11-22-17/h5-11,13,16H,12H2,1-4H3,(H2,19,20,23)/t16-/m1/s1. The lowest BCUT2D eigenvalue weighted by Gasteiger charge is -2.23. The molecule has 0 aliphatic heterocycles. The fourth-order valence-corrected chi connectivity index (χ4v) is 2.54. The van der Waals surface area contributed by atoms with Crippen molar-refractivity contribution in [2.24, 2.45) is 0 Å². The van der Waals surface area contributed by atoms with E-state index in [1.807, 2.05) is 26.2 Å². The van der Waals surface area contributed by atoms with Gasteiger partial charge in [0.05, 0.1) is 12.3 Å². The predicted octanol–water partition coefficient (Wildman–Crippen LogP) is 3.99.